The normalized spacial score (nSPS) is 23.3. The van der Waals surface area contributed by atoms with E-state index in [-0.39, 0.29) is 29.6 Å². The fourth-order valence-corrected chi connectivity index (χ4v) is 4.94. The van der Waals surface area contributed by atoms with Gasteiger partial charge in [0.2, 0.25) is 5.91 Å². The number of ether oxygens (including phenoxy) is 2. The predicted molar refractivity (Wildman–Crippen MR) is 183 cm³/mol. The van der Waals surface area contributed by atoms with Crippen LogP contribution in [0.25, 0.3) is 16.3 Å². The number of likely N-dealkylation sites (N-methyl/N-ethyl adjacent to an activating group) is 1. The lowest BCUT2D eigenvalue weighted by molar-refractivity contribution is -0.117. The molecule has 0 radical (unpaired) electrons. The van der Waals surface area contributed by atoms with Crippen molar-refractivity contribution in [1.29, 1.82) is 0 Å². The van der Waals surface area contributed by atoms with Crippen LogP contribution in [0.15, 0.2) is 72.0 Å². The van der Waals surface area contributed by atoms with Crippen molar-refractivity contribution in [3.05, 3.63) is 77.6 Å². The molecule has 0 bridgehead atoms. The molecule has 0 aromatic heterocycles. The van der Waals surface area contributed by atoms with Gasteiger partial charge in [-0.3, -0.25) is 4.79 Å². The van der Waals surface area contributed by atoms with Gasteiger partial charge in [0.15, 0.2) is 0 Å². The molecular formula is C37H58N2O4. The van der Waals surface area contributed by atoms with Crippen molar-refractivity contribution < 1.29 is 19.4 Å². The molecule has 1 saturated heterocycles. The Hall–Kier alpha value is -2.93. The van der Waals surface area contributed by atoms with E-state index in [1.807, 2.05) is 45.9 Å². The fraction of sp³-hybridized carbons (Fsp3) is 0.541. The van der Waals surface area contributed by atoms with Crippen LogP contribution in [0.2, 0.25) is 0 Å². The third kappa shape index (κ3) is 13.1. The molecule has 1 aliphatic carbocycles. The van der Waals surface area contributed by atoms with Gasteiger partial charge in [0.25, 0.3) is 0 Å². The summed E-state index contributed by atoms with van der Waals surface area (Å²) >= 11 is 0. The molecule has 240 valence electrons. The van der Waals surface area contributed by atoms with E-state index >= 15 is 0 Å². The van der Waals surface area contributed by atoms with Gasteiger partial charge in [0.05, 0.1) is 25.4 Å². The van der Waals surface area contributed by atoms with Gasteiger partial charge in [0.1, 0.15) is 5.76 Å². The summed E-state index contributed by atoms with van der Waals surface area (Å²) in [6, 6.07) is 14.7. The number of amides is 1. The monoisotopic (exact) mass is 594 g/mol. The van der Waals surface area contributed by atoms with E-state index in [9.17, 15) is 9.90 Å². The number of fused-ring (bicyclic) bond motifs is 1. The average molecular weight is 595 g/mol. The van der Waals surface area contributed by atoms with E-state index in [0.29, 0.717) is 19.4 Å². The number of benzene rings is 2. The van der Waals surface area contributed by atoms with Crippen LogP contribution in [0, 0.1) is 11.3 Å². The molecule has 4 rings (SSSR count). The van der Waals surface area contributed by atoms with Crippen molar-refractivity contribution in [2.45, 2.75) is 99.4 Å². The van der Waals surface area contributed by atoms with Crippen LogP contribution < -0.4 is 11.1 Å². The Balaban J connectivity index is 0.000000477. The van der Waals surface area contributed by atoms with Crippen molar-refractivity contribution >= 4 is 22.3 Å². The van der Waals surface area contributed by atoms with E-state index in [0.717, 1.165) is 41.2 Å². The van der Waals surface area contributed by atoms with Crippen LogP contribution in [0.4, 0.5) is 0 Å². The van der Waals surface area contributed by atoms with Gasteiger partial charge in [-0.2, -0.15) is 0 Å². The van der Waals surface area contributed by atoms with Gasteiger partial charge < -0.3 is 25.6 Å². The number of hydrogen-bond donors (Lipinski definition) is 3. The van der Waals surface area contributed by atoms with E-state index in [1.165, 1.54) is 10.8 Å². The molecule has 1 heterocycles. The Morgan fingerprint density at radius 1 is 1.14 bits per heavy atom. The maximum absolute atomic E-state index is 12.7. The zero-order valence-corrected chi connectivity index (χ0v) is 28.4. The van der Waals surface area contributed by atoms with Crippen LogP contribution in [-0.2, 0) is 14.3 Å². The van der Waals surface area contributed by atoms with Crippen LogP contribution >= 0.6 is 0 Å². The number of hydrogen-bond acceptors (Lipinski definition) is 5. The van der Waals surface area contributed by atoms with Crippen molar-refractivity contribution in [1.82, 2.24) is 5.32 Å². The second-order valence-electron chi connectivity index (χ2n) is 12.1. The summed E-state index contributed by atoms with van der Waals surface area (Å²) in [5.74, 6) is 1.70. The molecule has 6 heteroatoms. The standard InChI is InChI=1S/C24H27NO2.C7H15NO2.C4H10.C2H6/c1-17(19-10-9-18-7-5-6-8-20(18)15-19)22(23(26)25-3)16-24(2)13-11-21(27-4)12-14-24;1-5-2-6(9)3-7(4-8)10-5;1-4(2)3;1-2/h5-13,15H,14,16H2,1-4H3,(H,25,26);5-7,9H,2-4,8H2,1H3;4H,1-3H3;1-2H3/b22-17+;;;/t;5-,6?,7-;;/m.0../s1. The minimum absolute atomic E-state index is 0.0169. The number of rotatable bonds is 6. The molecule has 4 N–H and O–H groups in total. The predicted octanol–water partition coefficient (Wildman–Crippen LogP) is 7.81. The summed E-state index contributed by atoms with van der Waals surface area (Å²) in [5, 5.41) is 14.5. The third-order valence-electron chi connectivity index (χ3n) is 7.20. The van der Waals surface area contributed by atoms with E-state index in [1.54, 1.807) is 14.2 Å². The van der Waals surface area contributed by atoms with E-state index < -0.39 is 0 Å². The highest BCUT2D eigenvalue weighted by atomic mass is 16.5. The fourth-order valence-electron chi connectivity index (χ4n) is 4.94. The molecule has 1 amide bonds. The Morgan fingerprint density at radius 2 is 1.77 bits per heavy atom. The first-order chi connectivity index (χ1) is 20.4. The molecule has 2 aromatic carbocycles. The lowest BCUT2D eigenvalue weighted by Gasteiger charge is -2.30. The Labute approximate surface area is 261 Å². The average Bonchev–Trinajstić information content (AvgIpc) is 3.00. The number of methoxy groups -OCH3 is 1. The molecule has 2 unspecified atom stereocenters. The highest BCUT2D eigenvalue weighted by Gasteiger charge is 2.28. The molecule has 6 nitrogen and oxygen atoms in total. The molecule has 1 fully saturated rings. The molecule has 1 aliphatic heterocycles. The van der Waals surface area contributed by atoms with Gasteiger partial charge in [-0.1, -0.05) is 84.0 Å². The molecule has 2 aliphatic rings. The zero-order valence-electron chi connectivity index (χ0n) is 28.4. The number of aliphatic hydroxyl groups excluding tert-OH is 1. The Kier molecular flexibility index (Phi) is 17.2. The molecular weight excluding hydrogens is 536 g/mol. The third-order valence-corrected chi connectivity index (χ3v) is 7.20. The van der Waals surface area contributed by atoms with Crippen molar-refractivity contribution in [2.75, 3.05) is 20.7 Å². The summed E-state index contributed by atoms with van der Waals surface area (Å²) in [6.07, 6.45) is 9.23. The highest BCUT2D eigenvalue weighted by Crippen LogP contribution is 2.38. The summed E-state index contributed by atoms with van der Waals surface area (Å²) in [7, 11) is 3.37. The second kappa shape index (κ2) is 19.4. The first-order valence-corrected chi connectivity index (χ1v) is 15.8. The van der Waals surface area contributed by atoms with Crippen molar-refractivity contribution in [3.63, 3.8) is 0 Å². The summed E-state index contributed by atoms with van der Waals surface area (Å²) in [5.41, 5.74) is 8.22. The SMILES string of the molecule is CC.CC(C)C.CNC(=O)/C(CC1(C)C=CC(OC)=CC1)=C(\C)c1ccc2ccccc2c1.C[C@H]1CC(O)C[C@@H](CN)O1. The molecule has 2 aromatic rings. The van der Waals surface area contributed by atoms with Crippen LogP contribution in [0.3, 0.4) is 0 Å². The molecule has 4 atom stereocenters. The number of nitrogens with one attached hydrogen (secondary N) is 1. The maximum Gasteiger partial charge on any atom is 0.247 e. The summed E-state index contributed by atoms with van der Waals surface area (Å²) in [4.78, 5) is 12.7. The molecule has 43 heavy (non-hydrogen) atoms. The molecule has 0 saturated carbocycles. The number of nitrogens with two attached hydrogens (primary N) is 1. The van der Waals surface area contributed by atoms with E-state index in [4.69, 9.17) is 15.2 Å². The second-order valence-corrected chi connectivity index (χ2v) is 12.1. The first-order valence-electron chi connectivity index (χ1n) is 15.8. The van der Waals surface area contributed by atoms with Gasteiger partial charge >= 0.3 is 0 Å². The number of carbonyl (C=O) groups excluding carboxylic acids is 1. The summed E-state index contributed by atoms with van der Waals surface area (Å²) < 4.78 is 10.7. The largest absolute Gasteiger partial charge is 0.497 e. The summed E-state index contributed by atoms with van der Waals surface area (Å²) in [6.45, 7) is 17.2. The van der Waals surface area contributed by atoms with Crippen LogP contribution in [-0.4, -0.2) is 50.0 Å². The van der Waals surface area contributed by atoms with Gasteiger partial charge in [0, 0.05) is 25.6 Å². The number of allylic oxidation sites excluding steroid dienone is 4. The minimum Gasteiger partial charge on any atom is -0.497 e. The Morgan fingerprint density at radius 3 is 2.28 bits per heavy atom. The van der Waals surface area contributed by atoms with Crippen LogP contribution in [0.1, 0.15) is 86.6 Å². The smallest absolute Gasteiger partial charge is 0.247 e. The number of aliphatic hydroxyl groups is 1. The Bertz CT molecular complexity index is 1200. The minimum atomic E-state index is -0.211. The zero-order chi connectivity index (χ0) is 32.6. The topological polar surface area (TPSA) is 93.8 Å². The lowest BCUT2D eigenvalue weighted by atomic mass is 9.76. The van der Waals surface area contributed by atoms with Gasteiger partial charge in [-0.05, 0) is 84.6 Å². The highest BCUT2D eigenvalue weighted by molar-refractivity contribution is 6.01. The van der Waals surface area contributed by atoms with Crippen molar-refractivity contribution in [2.24, 2.45) is 17.1 Å². The lowest BCUT2D eigenvalue weighted by Crippen LogP contribution is -2.38. The molecule has 0 spiro atoms. The van der Waals surface area contributed by atoms with Crippen molar-refractivity contribution in [3.8, 4) is 0 Å². The number of carbonyl (C=O) groups is 1. The van der Waals surface area contributed by atoms with Crippen LogP contribution in [0.5, 0.6) is 0 Å². The quantitative estimate of drug-likeness (QED) is 0.297. The van der Waals surface area contributed by atoms with Gasteiger partial charge in [-0.25, -0.2) is 0 Å². The maximum atomic E-state index is 12.7. The van der Waals surface area contributed by atoms with Gasteiger partial charge in [-0.15, -0.1) is 0 Å². The van der Waals surface area contributed by atoms with E-state index in [2.05, 4.69) is 75.5 Å². The first kappa shape index (κ1) is 38.1.